The van der Waals surface area contributed by atoms with E-state index in [2.05, 4.69) is 39.6 Å². The second-order valence-corrected chi connectivity index (χ2v) is 9.84. The van der Waals surface area contributed by atoms with Gasteiger partial charge in [0.2, 0.25) is 11.8 Å². The van der Waals surface area contributed by atoms with Crippen LogP contribution in [0.15, 0.2) is 36.5 Å². The van der Waals surface area contributed by atoms with Crippen LogP contribution in [0.2, 0.25) is 0 Å². The number of aromatic hydroxyl groups is 1. The number of methoxy groups -OCH3 is 1. The van der Waals surface area contributed by atoms with Gasteiger partial charge in [0.05, 0.1) is 19.0 Å². The Labute approximate surface area is 197 Å². The molecule has 2 aliphatic rings. The van der Waals surface area contributed by atoms with Crippen LogP contribution in [0, 0.1) is 5.82 Å². The van der Waals surface area contributed by atoms with Crippen molar-refractivity contribution in [2.45, 2.75) is 63.1 Å². The molecule has 3 aromatic rings. The number of phenolic OH excluding ortho intramolecular Hbond substituents is 1. The minimum absolute atomic E-state index is 0.0489. The van der Waals surface area contributed by atoms with Crippen molar-refractivity contribution in [1.29, 1.82) is 0 Å². The van der Waals surface area contributed by atoms with Crippen LogP contribution >= 0.6 is 0 Å². The highest BCUT2D eigenvalue weighted by Crippen LogP contribution is 2.41. The molecule has 0 saturated carbocycles. The quantitative estimate of drug-likeness (QED) is 0.576. The first-order valence-electron chi connectivity index (χ1n) is 11.5. The van der Waals surface area contributed by atoms with Crippen molar-refractivity contribution in [1.82, 2.24) is 25.7 Å². The standard InChI is InChI=1S/C25H28FN5O3/c1-24-7-4-8-25(2,31-24)13-16(12-24)34-22-6-5-20(28-30-22)18-10-19(26)17(11-21(18)32)15-9-23(33-3)29-27-14-15/h5-6,9-11,14,16,31-32H,4,7-8,12-13H2,1-3H3. The monoisotopic (exact) mass is 465 g/mol. The first-order valence-corrected chi connectivity index (χ1v) is 11.5. The molecule has 0 aliphatic carbocycles. The third-order valence-electron chi connectivity index (χ3n) is 6.86. The highest BCUT2D eigenvalue weighted by atomic mass is 19.1. The number of hydrogen-bond donors (Lipinski definition) is 2. The number of phenols is 1. The zero-order valence-electron chi connectivity index (χ0n) is 19.5. The first-order chi connectivity index (χ1) is 16.3. The summed E-state index contributed by atoms with van der Waals surface area (Å²) in [6, 6.07) is 7.51. The van der Waals surface area contributed by atoms with Gasteiger partial charge in [-0.25, -0.2) is 4.39 Å². The molecule has 2 atom stereocenters. The fraction of sp³-hybridized carbons (Fsp3) is 0.440. The van der Waals surface area contributed by atoms with Crippen LogP contribution in [-0.4, -0.2) is 49.8 Å². The van der Waals surface area contributed by atoms with Gasteiger partial charge in [0.25, 0.3) is 0 Å². The molecule has 2 saturated heterocycles. The maximum Gasteiger partial charge on any atom is 0.233 e. The molecule has 9 heteroatoms. The summed E-state index contributed by atoms with van der Waals surface area (Å²) >= 11 is 0. The molecule has 2 fully saturated rings. The normalized spacial score (nSPS) is 26.2. The maximum atomic E-state index is 14.9. The molecule has 1 aromatic carbocycles. The summed E-state index contributed by atoms with van der Waals surface area (Å²) in [4.78, 5) is 0. The number of rotatable bonds is 5. The predicted molar refractivity (Wildman–Crippen MR) is 124 cm³/mol. The van der Waals surface area contributed by atoms with Crippen molar-refractivity contribution < 1.29 is 19.0 Å². The van der Waals surface area contributed by atoms with E-state index in [1.807, 2.05) is 0 Å². The Kier molecular flexibility index (Phi) is 5.59. The largest absolute Gasteiger partial charge is 0.507 e. The smallest absolute Gasteiger partial charge is 0.233 e. The topological polar surface area (TPSA) is 102 Å². The number of ether oxygens (including phenoxy) is 2. The average molecular weight is 466 g/mol. The van der Waals surface area contributed by atoms with Gasteiger partial charge in [-0.1, -0.05) is 0 Å². The minimum atomic E-state index is -0.535. The van der Waals surface area contributed by atoms with E-state index in [9.17, 15) is 9.50 Å². The summed E-state index contributed by atoms with van der Waals surface area (Å²) in [5, 5.41) is 30.4. The summed E-state index contributed by atoms with van der Waals surface area (Å²) in [5.41, 5.74) is 1.36. The molecule has 8 nitrogen and oxygen atoms in total. The molecule has 2 bridgehead atoms. The van der Waals surface area contributed by atoms with E-state index in [0.29, 0.717) is 17.1 Å². The lowest BCUT2D eigenvalue weighted by molar-refractivity contribution is 0.00726. The lowest BCUT2D eigenvalue weighted by atomic mass is 9.70. The molecule has 178 valence electrons. The van der Waals surface area contributed by atoms with Crippen LogP contribution in [0.25, 0.3) is 22.4 Å². The Morgan fingerprint density at radius 3 is 2.44 bits per heavy atom. The molecule has 0 spiro atoms. The van der Waals surface area contributed by atoms with Gasteiger partial charge >= 0.3 is 0 Å². The van der Waals surface area contributed by atoms with Gasteiger partial charge in [-0.15, -0.1) is 15.3 Å². The van der Waals surface area contributed by atoms with Gasteiger partial charge in [-0.05, 0) is 51.3 Å². The molecule has 34 heavy (non-hydrogen) atoms. The molecule has 0 amide bonds. The Morgan fingerprint density at radius 1 is 1.00 bits per heavy atom. The lowest BCUT2D eigenvalue weighted by Crippen LogP contribution is -2.65. The number of halogens is 1. The summed E-state index contributed by atoms with van der Waals surface area (Å²) in [6.45, 7) is 4.52. The minimum Gasteiger partial charge on any atom is -0.507 e. The second kappa shape index (κ2) is 8.47. The Hall–Kier alpha value is -3.33. The number of nitrogens with zero attached hydrogens (tertiary/aromatic N) is 4. The Morgan fingerprint density at radius 2 is 1.76 bits per heavy atom. The van der Waals surface area contributed by atoms with Crippen LogP contribution in [0.4, 0.5) is 4.39 Å². The highest BCUT2D eigenvalue weighted by molar-refractivity contribution is 5.74. The van der Waals surface area contributed by atoms with E-state index in [1.165, 1.54) is 31.9 Å². The van der Waals surface area contributed by atoms with Gasteiger partial charge in [-0.2, -0.15) is 5.10 Å². The van der Waals surface area contributed by atoms with Crippen LogP contribution in [0.5, 0.6) is 17.5 Å². The molecular formula is C25H28FN5O3. The van der Waals surface area contributed by atoms with Gasteiger partial charge < -0.3 is 19.9 Å². The van der Waals surface area contributed by atoms with Gasteiger partial charge in [-0.3, -0.25) is 0 Å². The van der Waals surface area contributed by atoms with E-state index in [4.69, 9.17) is 9.47 Å². The first kappa shape index (κ1) is 22.5. The Balaban J connectivity index is 1.35. The maximum absolute atomic E-state index is 14.9. The number of aromatic nitrogens is 4. The van der Waals surface area contributed by atoms with Crippen molar-refractivity contribution in [3.8, 4) is 39.9 Å². The van der Waals surface area contributed by atoms with Crippen LogP contribution in [0.3, 0.4) is 0 Å². The summed E-state index contributed by atoms with van der Waals surface area (Å²) in [6.07, 6.45) is 6.77. The number of piperidine rings is 2. The fourth-order valence-electron chi connectivity index (χ4n) is 5.47. The number of benzene rings is 1. The van der Waals surface area contributed by atoms with Crippen LogP contribution in [0.1, 0.15) is 46.0 Å². The molecule has 2 aliphatic heterocycles. The van der Waals surface area contributed by atoms with E-state index < -0.39 is 5.82 Å². The number of hydrogen-bond acceptors (Lipinski definition) is 8. The third-order valence-corrected chi connectivity index (χ3v) is 6.86. The van der Waals surface area contributed by atoms with E-state index in [1.54, 1.807) is 18.2 Å². The zero-order valence-corrected chi connectivity index (χ0v) is 19.5. The summed E-state index contributed by atoms with van der Waals surface area (Å²) in [5.74, 6) is 0.0182. The second-order valence-electron chi connectivity index (χ2n) is 9.84. The molecule has 5 rings (SSSR count). The van der Waals surface area contributed by atoms with Crippen molar-refractivity contribution >= 4 is 0 Å². The van der Waals surface area contributed by atoms with Crippen LogP contribution in [-0.2, 0) is 0 Å². The molecule has 2 aromatic heterocycles. The number of fused-ring (bicyclic) bond motifs is 2. The van der Waals surface area contributed by atoms with Crippen LogP contribution < -0.4 is 14.8 Å². The highest BCUT2D eigenvalue weighted by Gasteiger charge is 2.46. The summed E-state index contributed by atoms with van der Waals surface area (Å²) in [7, 11) is 1.45. The van der Waals surface area contributed by atoms with E-state index >= 15 is 0 Å². The predicted octanol–water partition coefficient (Wildman–Crippen LogP) is 4.29. The molecule has 4 heterocycles. The summed E-state index contributed by atoms with van der Waals surface area (Å²) < 4.78 is 26.2. The molecule has 2 N–H and O–H groups in total. The Bertz CT molecular complexity index is 1190. The van der Waals surface area contributed by atoms with Crippen molar-refractivity contribution in [3.63, 3.8) is 0 Å². The third kappa shape index (κ3) is 4.40. The van der Waals surface area contributed by atoms with Gasteiger partial charge in [0.1, 0.15) is 17.7 Å². The molecular weight excluding hydrogens is 437 g/mol. The van der Waals surface area contributed by atoms with Gasteiger partial charge in [0, 0.05) is 52.7 Å². The van der Waals surface area contributed by atoms with Gasteiger partial charge in [0.15, 0.2) is 0 Å². The number of nitrogens with one attached hydrogen (secondary N) is 1. The van der Waals surface area contributed by atoms with Crippen molar-refractivity contribution in [3.05, 3.63) is 42.3 Å². The average Bonchev–Trinajstić information content (AvgIpc) is 2.79. The SMILES string of the molecule is COc1cc(-c2cc(O)c(-c3ccc(OC4CC5(C)CCCC(C)(C4)N5)nn3)cc2F)cnn1. The van der Waals surface area contributed by atoms with Crippen molar-refractivity contribution in [2.24, 2.45) is 0 Å². The van der Waals surface area contributed by atoms with E-state index in [-0.39, 0.29) is 39.9 Å². The lowest BCUT2D eigenvalue weighted by Gasteiger charge is -2.53. The zero-order chi connectivity index (χ0) is 23.9. The van der Waals surface area contributed by atoms with E-state index in [0.717, 1.165) is 25.7 Å². The molecule has 2 unspecified atom stereocenters. The fourth-order valence-corrected chi connectivity index (χ4v) is 5.47. The van der Waals surface area contributed by atoms with Crippen molar-refractivity contribution in [2.75, 3.05) is 7.11 Å². The molecule has 0 radical (unpaired) electrons.